The number of carbonyl (C=O) groups excluding carboxylic acids is 1. The van der Waals surface area contributed by atoms with Crippen LogP contribution in [0.25, 0.3) is 0 Å². The van der Waals surface area contributed by atoms with E-state index >= 15 is 0 Å². The first-order valence-corrected chi connectivity index (χ1v) is 7.34. The molecule has 1 aromatic rings. The van der Waals surface area contributed by atoms with Crippen LogP contribution in [-0.4, -0.2) is 17.3 Å². The molecular weight excluding hydrogens is 368 g/mol. The molecule has 0 radical (unpaired) electrons. The third-order valence-corrected chi connectivity index (χ3v) is 3.69. The number of nitrogens with two attached hydrogens (primary N) is 1. The van der Waals surface area contributed by atoms with E-state index in [1.165, 1.54) is 17.8 Å². The smallest absolute Gasteiger partial charge is 0.316 e. The van der Waals surface area contributed by atoms with Crippen LogP contribution in [0.4, 0.5) is 10.1 Å². The first-order valence-electron chi connectivity index (χ1n) is 5.28. The second kappa shape index (κ2) is 6.10. The van der Waals surface area contributed by atoms with Gasteiger partial charge in [-0.15, -0.1) is 11.8 Å². The zero-order valence-corrected chi connectivity index (χ0v) is 13.4. The van der Waals surface area contributed by atoms with Gasteiger partial charge in [0.25, 0.3) is 0 Å². The van der Waals surface area contributed by atoms with Crippen LogP contribution < -0.4 is 5.73 Å². The molecule has 2 N–H and O–H groups in total. The van der Waals surface area contributed by atoms with Crippen molar-refractivity contribution in [1.29, 1.82) is 0 Å². The fraction of sp³-hybridized carbons (Fsp3) is 0.417. The summed E-state index contributed by atoms with van der Waals surface area (Å²) in [4.78, 5) is 12.1. The summed E-state index contributed by atoms with van der Waals surface area (Å²) in [5, 5.41) is 0. The van der Waals surface area contributed by atoms with E-state index in [-0.39, 0.29) is 17.5 Å². The number of hydrogen-bond acceptors (Lipinski definition) is 4. The average Bonchev–Trinajstić information content (AvgIpc) is 2.19. The van der Waals surface area contributed by atoms with Gasteiger partial charge in [0.2, 0.25) is 0 Å². The number of benzene rings is 1. The number of thioether (sulfide) groups is 1. The van der Waals surface area contributed by atoms with E-state index in [9.17, 15) is 9.18 Å². The topological polar surface area (TPSA) is 52.3 Å². The molecule has 0 aliphatic carbocycles. The molecular formula is C12H15FINO2S. The molecule has 1 aromatic carbocycles. The molecule has 3 nitrogen and oxygen atoms in total. The summed E-state index contributed by atoms with van der Waals surface area (Å²) in [6.07, 6.45) is 0. The molecule has 18 heavy (non-hydrogen) atoms. The van der Waals surface area contributed by atoms with Crippen LogP contribution in [-0.2, 0) is 9.53 Å². The van der Waals surface area contributed by atoms with Crippen molar-refractivity contribution in [3.8, 4) is 0 Å². The van der Waals surface area contributed by atoms with Gasteiger partial charge in [-0.1, -0.05) is 0 Å². The third-order valence-electron chi connectivity index (χ3n) is 1.82. The molecule has 100 valence electrons. The summed E-state index contributed by atoms with van der Waals surface area (Å²) in [5.41, 5.74) is 5.71. The molecule has 0 spiro atoms. The van der Waals surface area contributed by atoms with Gasteiger partial charge in [-0.05, 0) is 55.5 Å². The highest BCUT2D eigenvalue weighted by atomic mass is 127. The standard InChI is InChI=1S/C12H15FINO2S/c1-12(2,3)17-11(16)6-18-10-4-7(13)8(14)5-9(10)15/h4-5H,6,15H2,1-3H3. The maximum Gasteiger partial charge on any atom is 0.316 e. The van der Waals surface area contributed by atoms with Crippen molar-refractivity contribution in [3.63, 3.8) is 0 Å². The number of anilines is 1. The molecule has 0 fully saturated rings. The van der Waals surface area contributed by atoms with Crippen LogP contribution in [0.15, 0.2) is 17.0 Å². The van der Waals surface area contributed by atoms with Crippen molar-refractivity contribution in [2.45, 2.75) is 31.3 Å². The lowest BCUT2D eigenvalue weighted by Gasteiger charge is -2.19. The highest BCUT2D eigenvalue weighted by Crippen LogP contribution is 2.28. The molecule has 0 unspecified atom stereocenters. The van der Waals surface area contributed by atoms with Crippen LogP contribution >= 0.6 is 34.4 Å². The second-order valence-corrected chi connectivity index (χ2v) is 6.86. The van der Waals surface area contributed by atoms with Crippen LogP contribution in [0.2, 0.25) is 0 Å². The maximum atomic E-state index is 13.4. The summed E-state index contributed by atoms with van der Waals surface area (Å²) in [6, 6.07) is 2.89. The van der Waals surface area contributed by atoms with Crippen molar-refractivity contribution in [2.75, 3.05) is 11.5 Å². The quantitative estimate of drug-likeness (QED) is 0.376. The Morgan fingerprint density at radius 1 is 1.50 bits per heavy atom. The Kier molecular flexibility index (Phi) is 5.27. The van der Waals surface area contributed by atoms with Gasteiger partial charge in [0, 0.05) is 10.6 Å². The molecule has 0 aliphatic heterocycles. The molecule has 0 amide bonds. The fourth-order valence-corrected chi connectivity index (χ4v) is 2.41. The van der Waals surface area contributed by atoms with Gasteiger partial charge < -0.3 is 10.5 Å². The van der Waals surface area contributed by atoms with E-state index in [0.717, 1.165) is 0 Å². The Morgan fingerprint density at radius 3 is 2.67 bits per heavy atom. The summed E-state index contributed by atoms with van der Waals surface area (Å²) < 4.78 is 19.0. The number of carbonyl (C=O) groups is 1. The van der Waals surface area contributed by atoms with Gasteiger partial charge in [0.05, 0.1) is 9.32 Å². The van der Waals surface area contributed by atoms with Gasteiger partial charge in [0.15, 0.2) is 0 Å². The number of nitrogen functional groups attached to an aromatic ring is 1. The van der Waals surface area contributed by atoms with Gasteiger partial charge in [-0.25, -0.2) is 4.39 Å². The minimum atomic E-state index is -0.513. The minimum absolute atomic E-state index is 0.113. The number of hydrogen-bond donors (Lipinski definition) is 1. The van der Waals surface area contributed by atoms with Gasteiger partial charge in [-0.3, -0.25) is 4.79 Å². The summed E-state index contributed by atoms with van der Waals surface area (Å²) in [6.45, 7) is 5.40. The molecule has 0 aromatic heterocycles. The number of ether oxygens (including phenoxy) is 1. The average molecular weight is 383 g/mol. The molecule has 0 saturated heterocycles. The molecule has 0 heterocycles. The SMILES string of the molecule is CC(C)(C)OC(=O)CSc1cc(F)c(I)cc1N. The van der Waals surface area contributed by atoms with E-state index in [2.05, 4.69) is 0 Å². The minimum Gasteiger partial charge on any atom is -0.459 e. The van der Waals surface area contributed by atoms with E-state index in [1.807, 2.05) is 22.6 Å². The van der Waals surface area contributed by atoms with Crippen LogP contribution in [0, 0.1) is 9.39 Å². The van der Waals surface area contributed by atoms with Crippen molar-refractivity contribution in [2.24, 2.45) is 0 Å². The third kappa shape index (κ3) is 5.01. The number of esters is 1. The highest BCUT2D eigenvalue weighted by Gasteiger charge is 2.17. The lowest BCUT2D eigenvalue weighted by Crippen LogP contribution is -2.24. The predicted molar refractivity (Wildman–Crippen MR) is 80.1 cm³/mol. The lowest BCUT2D eigenvalue weighted by atomic mass is 10.2. The molecule has 1 rings (SSSR count). The van der Waals surface area contributed by atoms with Crippen LogP contribution in [0.3, 0.4) is 0 Å². The van der Waals surface area contributed by atoms with Crippen LogP contribution in [0.1, 0.15) is 20.8 Å². The Morgan fingerprint density at radius 2 is 2.11 bits per heavy atom. The van der Waals surface area contributed by atoms with E-state index in [4.69, 9.17) is 10.5 Å². The highest BCUT2D eigenvalue weighted by molar-refractivity contribution is 14.1. The molecule has 6 heteroatoms. The molecule has 0 atom stereocenters. The summed E-state index contributed by atoms with van der Waals surface area (Å²) >= 11 is 3.05. The second-order valence-electron chi connectivity index (χ2n) is 4.68. The lowest BCUT2D eigenvalue weighted by molar-refractivity contribution is -0.151. The van der Waals surface area contributed by atoms with Gasteiger partial charge >= 0.3 is 5.97 Å². The monoisotopic (exact) mass is 383 g/mol. The summed E-state index contributed by atoms with van der Waals surface area (Å²) in [5.74, 6) is -0.566. The number of halogens is 2. The first-order chi connectivity index (χ1) is 8.19. The molecule has 0 bridgehead atoms. The van der Waals surface area contributed by atoms with E-state index in [1.54, 1.807) is 26.8 Å². The number of rotatable bonds is 3. The van der Waals surface area contributed by atoms with Crippen molar-refractivity contribution < 1.29 is 13.9 Å². The fourth-order valence-electron chi connectivity index (χ4n) is 1.18. The zero-order valence-electron chi connectivity index (χ0n) is 10.4. The Bertz CT molecular complexity index is 460. The van der Waals surface area contributed by atoms with Gasteiger partial charge in [-0.2, -0.15) is 0 Å². The Balaban J connectivity index is 2.64. The molecule has 0 saturated carbocycles. The zero-order chi connectivity index (χ0) is 13.9. The Hall–Kier alpha value is -0.500. The molecule has 0 aliphatic rings. The van der Waals surface area contributed by atoms with E-state index in [0.29, 0.717) is 14.2 Å². The van der Waals surface area contributed by atoms with Crippen molar-refractivity contribution >= 4 is 46.0 Å². The van der Waals surface area contributed by atoms with Crippen LogP contribution in [0.5, 0.6) is 0 Å². The van der Waals surface area contributed by atoms with Crippen molar-refractivity contribution in [3.05, 3.63) is 21.5 Å². The normalized spacial score (nSPS) is 11.4. The van der Waals surface area contributed by atoms with Crippen molar-refractivity contribution in [1.82, 2.24) is 0 Å². The largest absolute Gasteiger partial charge is 0.459 e. The first kappa shape index (κ1) is 15.6. The summed E-state index contributed by atoms with van der Waals surface area (Å²) in [7, 11) is 0. The van der Waals surface area contributed by atoms with E-state index < -0.39 is 5.60 Å². The maximum absolute atomic E-state index is 13.4. The van der Waals surface area contributed by atoms with Gasteiger partial charge in [0.1, 0.15) is 11.4 Å². The predicted octanol–water partition coefficient (Wildman–Crippen LogP) is 3.45. The Labute approximate surface area is 124 Å².